The largest absolute Gasteiger partial charge is 0.407 e. The normalized spacial score (nSPS) is 10.6. The summed E-state index contributed by atoms with van der Waals surface area (Å²) in [6, 6.07) is 15.3. The van der Waals surface area contributed by atoms with Crippen molar-refractivity contribution in [2.45, 2.75) is 19.8 Å². The van der Waals surface area contributed by atoms with E-state index in [0.717, 1.165) is 11.1 Å². The number of benzene rings is 2. The lowest BCUT2D eigenvalue weighted by molar-refractivity contribution is -0.115. The average molecular weight is 342 g/mol. The quantitative estimate of drug-likeness (QED) is 0.766. The number of halogens is 1. The second-order valence-corrected chi connectivity index (χ2v) is 5.95. The smallest absolute Gasteiger partial charge is 0.322 e. The Kier molecular flexibility index (Phi) is 4.91. The molecule has 0 unspecified atom stereocenters. The minimum Gasteiger partial charge on any atom is -0.407 e. The zero-order valence-electron chi connectivity index (χ0n) is 13.1. The van der Waals surface area contributed by atoms with Crippen molar-refractivity contribution in [2.75, 3.05) is 5.32 Å². The lowest BCUT2D eigenvalue weighted by Crippen LogP contribution is -2.14. The number of hydrogen-bond acceptors (Lipinski definition) is 4. The third-order valence-corrected chi connectivity index (χ3v) is 3.72. The summed E-state index contributed by atoms with van der Waals surface area (Å²) >= 11 is 5.82. The Balaban J connectivity index is 1.58. The first-order valence-corrected chi connectivity index (χ1v) is 7.88. The molecule has 6 heteroatoms. The van der Waals surface area contributed by atoms with Crippen molar-refractivity contribution >= 4 is 23.5 Å². The van der Waals surface area contributed by atoms with Gasteiger partial charge >= 0.3 is 6.01 Å². The van der Waals surface area contributed by atoms with Crippen molar-refractivity contribution in [3.05, 3.63) is 76.1 Å². The maximum absolute atomic E-state index is 12.0. The highest BCUT2D eigenvalue weighted by Gasteiger charge is 2.11. The van der Waals surface area contributed by atoms with E-state index >= 15 is 0 Å². The Morgan fingerprint density at radius 3 is 2.42 bits per heavy atom. The van der Waals surface area contributed by atoms with Crippen molar-refractivity contribution in [2.24, 2.45) is 0 Å². The van der Waals surface area contributed by atoms with E-state index < -0.39 is 0 Å². The predicted octanol–water partition coefficient (Wildman–Crippen LogP) is 3.80. The number of nitrogens with one attached hydrogen (secondary N) is 1. The number of carbonyl (C=O) groups excluding carboxylic acids is 1. The number of rotatable bonds is 5. The summed E-state index contributed by atoms with van der Waals surface area (Å²) in [4.78, 5) is 12.0. The molecule has 1 amide bonds. The summed E-state index contributed by atoms with van der Waals surface area (Å²) in [6.07, 6.45) is 0.743. The number of carbonyl (C=O) groups is 1. The molecular formula is C18H16ClN3O2. The zero-order chi connectivity index (χ0) is 16.9. The van der Waals surface area contributed by atoms with Gasteiger partial charge < -0.3 is 4.42 Å². The molecule has 0 spiro atoms. The van der Waals surface area contributed by atoms with Gasteiger partial charge in [0, 0.05) is 5.02 Å². The summed E-state index contributed by atoms with van der Waals surface area (Å²) in [5.74, 6) is 0.239. The second-order valence-electron chi connectivity index (χ2n) is 5.51. The minimum atomic E-state index is -0.220. The van der Waals surface area contributed by atoms with Crippen LogP contribution >= 0.6 is 11.6 Å². The van der Waals surface area contributed by atoms with Crippen LogP contribution in [0.1, 0.15) is 22.6 Å². The Hall–Kier alpha value is -2.66. The van der Waals surface area contributed by atoms with Crippen LogP contribution in [-0.2, 0) is 17.6 Å². The molecule has 0 saturated heterocycles. The van der Waals surface area contributed by atoms with Crippen molar-refractivity contribution < 1.29 is 9.21 Å². The van der Waals surface area contributed by atoms with Gasteiger partial charge in [0.25, 0.3) is 0 Å². The monoisotopic (exact) mass is 341 g/mol. The minimum absolute atomic E-state index is 0.107. The summed E-state index contributed by atoms with van der Waals surface area (Å²) in [5.41, 5.74) is 3.12. The van der Waals surface area contributed by atoms with E-state index in [2.05, 4.69) is 15.5 Å². The van der Waals surface area contributed by atoms with Crippen LogP contribution in [0.3, 0.4) is 0 Å². The van der Waals surface area contributed by atoms with E-state index in [1.54, 1.807) is 24.3 Å². The molecule has 2 aromatic carbocycles. The van der Waals surface area contributed by atoms with Gasteiger partial charge in [0.05, 0.1) is 12.8 Å². The lowest BCUT2D eigenvalue weighted by atomic mass is 10.1. The Morgan fingerprint density at radius 1 is 1.04 bits per heavy atom. The number of nitrogens with zero attached hydrogens (tertiary/aromatic N) is 2. The summed E-state index contributed by atoms with van der Waals surface area (Å²) in [7, 11) is 0. The maximum atomic E-state index is 12.0. The highest BCUT2D eigenvalue weighted by atomic mass is 35.5. The molecule has 0 aliphatic carbocycles. The van der Waals surface area contributed by atoms with Gasteiger partial charge in [0.1, 0.15) is 0 Å². The maximum Gasteiger partial charge on any atom is 0.322 e. The van der Waals surface area contributed by atoms with Crippen molar-refractivity contribution in [1.29, 1.82) is 0 Å². The highest BCUT2D eigenvalue weighted by Crippen LogP contribution is 2.13. The first-order valence-electron chi connectivity index (χ1n) is 7.51. The molecule has 0 saturated carbocycles. The van der Waals surface area contributed by atoms with Crippen LogP contribution in [-0.4, -0.2) is 16.1 Å². The van der Waals surface area contributed by atoms with Crippen LogP contribution in [0.15, 0.2) is 52.9 Å². The Bertz CT molecular complexity index is 826. The van der Waals surface area contributed by atoms with Gasteiger partial charge in [-0.1, -0.05) is 58.7 Å². The molecule has 3 rings (SSSR count). The summed E-state index contributed by atoms with van der Waals surface area (Å²) in [5, 5.41) is 11.1. The number of anilines is 1. The van der Waals surface area contributed by atoms with Gasteiger partial charge in [0.15, 0.2) is 0 Å². The molecule has 0 bridgehead atoms. The Morgan fingerprint density at radius 2 is 1.71 bits per heavy atom. The predicted molar refractivity (Wildman–Crippen MR) is 92.1 cm³/mol. The molecule has 1 N–H and O–H groups in total. The summed E-state index contributed by atoms with van der Waals surface area (Å²) < 4.78 is 5.47. The van der Waals surface area contributed by atoms with Gasteiger partial charge in [-0.15, -0.1) is 5.10 Å². The van der Waals surface area contributed by atoms with Crippen LogP contribution in [0.2, 0.25) is 5.02 Å². The molecule has 0 fully saturated rings. The second kappa shape index (κ2) is 7.27. The van der Waals surface area contributed by atoms with Gasteiger partial charge in [-0.05, 0) is 30.2 Å². The van der Waals surface area contributed by atoms with Crippen molar-refractivity contribution in [3.8, 4) is 0 Å². The zero-order valence-corrected chi connectivity index (χ0v) is 13.9. The fourth-order valence-electron chi connectivity index (χ4n) is 2.21. The molecule has 0 aliphatic heterocycles. The molecule has 5 nitrogen and oxygen atoms in total. The topological polar surface area (TPSA) is 68.0 Å². The lowest BCUT2D eigenvalue weighted by Gasteiger charge is -2.01. The third-order valence-electron chi connectivity index (χ3n) is 3.47. The van der Waals surface area contributed by atoms with E-state index in [9.17, 15) is 4.79 Å². The first kappa shape index (κ1) is 16.2. The van der Waals surface area contributed by atoms with Gasteiger partial charge in [0.2, 0.25) is 11.8 Å². The molecule has 1 aromatic heterocycles. The van der Waals surface area contributed by atoms with E-state index in [0.29, 0.717) is 17.3 Å². The molecule has 24 heavy (non-hydrogen) atoms. The van der Waals surface area contributed by atoms with Crippen LogP contribution < -0.4 is 5.32 Å². The molecule has 0 radical (unpaired) electrons. The van der Waals surface area contributed by atoms with Gasteiger partial charge in [-0.3, -0.25) is 10.1 Å². The van der Waals surface area contributed by atoms with Crippen molar-refractivity contribution in [3.63, 3.8) is 0 Å². The molecule has 122 valence electrons. The van der Waals surface area contributed by atoms with Crippen LogP contribution in [0.4, 0.5) is 6.01 Å². The van der Waals surface area contributed by atoms with Gasteiger partial charge in [-0.2, -0.15) is 0 Å². The molecule has 1 heterocycles. The standard InChI is InChI=1S/C18H16ClN3O2/c1-12-2-4-14(5-3-12)11-17-21-22-18(24-17)20-16(23)10-13-6-8-15(19)9-7-13/h2-9H,10-11H2,1H3,(H,20,22,23). The van der Waals surface area contributed by atoms with E-state index in [4.69, 9.17) is 16.0 Å². The van der Waals surface area contributed by atoms with Crippen LogP contribution in [0.25, 0.3) is 0 Å². The average Bonchev–Trinajstić information content (AvgIpc) is 2.99. The number of amides is 1. The SMILES string of the molecule is Cc1ccc(Cc2nnc(NC(=O)Cc3ccc(Cl)cc3)o2)cc1. The van der Waals surface area contributed by atoms with Crippen molar-refractivity contribution in [1.82, 2.24) is 10.2 Å². The van der Waals surface area contributed by atoms with E-state index in [1.807, 2.05) is 31.2 Å². The van der Waals surface area contributed by atoms with Gasteiger partial charge in [-0.25, -0.2) is 0 Å². The fraction of sp³-hybridized carbons (Fsp3) is 0.167. The fourth-order valence-corrected chi connectivity index (χ4v) is 2.33. The number of aryl methyl sites for hydroxylation is 1. The van der Waals surface area contributed by atoms with E-state index in [1.165, 1.54) is 5.56 Å². The van der Waals surface area contributed by atoms with Crippen LogP contribution in [0.5, 0.6) is 0 Å². The molecule has 0 aliphatic rings. The van der Waals surface area contributed by atoms with E-state index in [-0.39, 0.29) is 18.3 Å². The number of aromatic nitrogens is 2. The number of hydrogen-bond donors (Lipinski definition) is 1. The molecule has 3 aromatic rings. The van der Waals surface area contributed by atoms with Crippen LogP contribution in [0, 0.1) is 6.92 Å². The highest BCUT2D eigenvalue weighted by molar-refractivity contribution is 6.30. The summed E-state index contributed by atoms with van der Waals surface area (Å²) in [6.45, 7) is 2.03. The molecule has 0 atom stereocenters. The third kappa shape index (κ3) is 4.43. The molecular weight excluding hydrogens is 326 g/mol. The first-order chi connectivity index (χ1) is 11.6. The Labute approximate surface area is 144 Å².